The molecular weight excluding hydrogens is 376 g/mol. The maximum absolute atomic E-state index is 12.5. The summed E-state index contributed by atoms with van der Waals surface area (Å²) >= 11 is 0. The molecule has 1 aromatic carbocycles. The molecule has 0 aliphatic carbocycles. The third-order valence-corrected chi connectivity index (χ3v) is 6.61. The molecule has 0 amide bonds. The number of likely N-dealkylation sites (tertiary alicyclic amines) is 1. The van der Waals surface area contributed by atoms with Crippen LogP contribution in [0.15, 0.2) is 35.2 Å². The van der Waals surface area contributed by atoms with E-state index < -0.39 is 10.0 Å². The molecule has 28 heavy (non-hydrogen) atoms. The van der Waals surface area contributed by atoms with Crippen LogP contribution in [-0.2, 0) is 16.6 Å². The van der Waals surface area contributed by atoms with E-state index in [2.05, 4.69) is 39.7 Å². The van der Waals surface area contributed by atoms with Crippen LogP contribution in [-0.4, -0.2) is 50.3 Å². The second kappa shape index (κ2) is 9.07. The van der Waals surface area contributed by atoms with E-state index in [-0.39, 0.29) is 4.90 Å². The molecule has 2 heterocycles. The van der Waals surface area contributed by atoms with Crippen molar-refractivity contribution in [2.75, 3.05) is 26.7 Å². The fourth-order valence-corrected chi connectivity index (χ4v) is 4.64. The number of H-pyrrole nitrogens is 1. The number of hydrogen-bond donors (Lipinski definition) is 2. The monoisotopic (exact) mass is 406 g/mol. The van der Waals surface area contributed by atoms with Crippen LogP contribution in [0.3, 0.4) is 0 Å². The molecule has 1 atom stereocenters. The highest BCUT2D eigenvalue weighted by Gasteiger charge is 2.23. The molecule has 0 saturated carbocycles. The highest BCUT2D eigenvalue weighted by Crippen LogP contribution is 2.20. The molecular formula is C20H30N4O3S. The van der Waals surface area contributed by atoms with E-state index in [1.165, 1.54) is 0 Å². The number of piperidine rings is 1. The standard InChI is InChI=1S/C20H30N4O3S/c1-15(2)20-11-17(22-23-20)14-24-10-4-5-16(13-24)12-21-28(25,26)19-8-6-18(27-3)7-9-19/h6-9,11,15-16,21H,4-5,10,12-14H2,1-3H3,(H,22,23)/t16-/m1/s1. The Morgan fingerprint density at radius 2 is 2.07 bits per heavy atom. The highest BCUT2D eigenvalue weighted by atomic mass is 32.2. The van der Waals surface area contributed by atoms with Gasteiger partial charge in [0.25, 0.3) is 0 Å². The molecule has 154 valence electrons. The van der Waals surface area contributed by atoms with E-state index >= 15 is 0 Å². The number of rotatable bonds is 8. The predicted molar refractivity (Wildman–Crippen MR) is 109 cm³/mol. The third kappa shape index (κ3) is 5.33. The van der Waals surface area contributed by atoms with Crippen molar-refractivity contribution in [2.24, 2.45) is 5.92 Å². The van der Waals surface area contributed by atoms with Gasteiger partial charge in [-0.1, -0.05) is 13.8 Å². The summed E-state index contributed by atoms with van der Waals surface area (Å²) in [6.45, 7) is 7.43. The Balaban J connectivity index is 1.53. The molecule has 8 heteroatoms. The van der Waals surface area contributed by atoms with Gasteiger partial charge in [-0.3, -0.25) is 10.00 Å². The number of aromatic nitrogens is 2. The largest absolute Gasteiger partial charge is 0.497 e. The molecule has 1 aromatic heterocycles. The second-order valence-electron chi connectivity index (χ2n) is 7.74. The first-order valence-electron chi connectivity index (χ1n) is 9.77. The predicted octanol–water partition coefficient (Wildman–Crippen LogP) is 2.73. The van der Waals surface area contributed by atoms with Crippen LogP contribution in [0.2, 0.25) is 0 Å². The summed E-state index contributed by atoms with van der Waals surface area (Å²) in [6.07, 6.45) is 2.10. The molecule has 1 aliphatic rings. The first-order chi connectivity index (χ1) is 13.4. The van der Waals surface area contributed by atoms with Gasteiger partial charge in [-0.2, -0.15) is 5.10 Å². The quantitative estimate of drug-likeness (QED) is 0.704. The third-order valence-electron chi connectivity index (χ3n) is 5.17. The summed E-state index contributed by atoms with van der Waals surface area (Å²) in [5.74, 6) is 1.35. The minimum atomic E-state index is -3.51. The first-order valence-corrected chi connectivity index (χ1v) is 11.3. The molecule has 2 N–H and O–H groups in total. The first kappa shape index (κ1) is 20.8. The van der Waals surface area contributed by atoms with Gasteiger partial charge < -0.3 is 4.74 Å². The van der Waals surface area contributed by atoms with Gasteiger partial charge in [-0.15, -0.1) is 0 Å². The van der Waals surface area contributed by atoms with Crippen molar-refractivity contribution in [3.8, 4) is 5.75 Å². The average Bonchev–Trinajstić information content (AvgIpc) is 3.16. The zero-order valence-corrected chi connectivity index (χ0v) is 17.6. The van der Waals surface area contributed by atoms with E-state index in [1.54, 1.807) is 31.4 Å². The van der Waals surface area contributed by atoms with Crippen LogP contribution < -0.4 is 9.46 Å². The highest BCUT2D eigenvalue weighted by molar-refractivity contribution is 7.89. The molecule has 1 fully saturated rings. The van der Waals surface area contributed by atoms with Crippen molar-refractivity contribution in [3.63, 3.8) is 0 Å². The Labute approximate surface area is 167 Å². The normalized spacial score (nSPS) is 18.5. The number of hydrogen-bond acceptors (Lipinski definition) is 5. The van der Waals surface area contributed by atoms with Crippen LogP contribution in [0.1, 0.15) is 44.0 Å². The lowest BCUT2D eigenvalue weighted by Gasteiger charge is -2.32. The Hall–Kier alpha value is -1.90. The van der Waals surface area contributed by atoms with Gasteiger partial charge in [-0.25, -0.2) is 13.1 Å². The molecule has 7 nitrogen and oxygen atoms in total. The number of aromatic amines is 1. The summed E-state index contributed by atoms with van der Waals surface area (Å²) in [6, 6.07) is 8.58. The molecule has 2 aromatic rings. The van der Waals surface area contributed by atoms with Gasteiger partial charge in [0.1, 0.15) is 5.75 Å². The summed E-state index contributed by atoms with van der Waals surface area (Å²) in [4.78, 5) is 2.63. The second-order valence-corrected chi connectivity index (χ2v) is 9.51. The topological polar surface area (TPSA) is 87.3 Å². The van der Waals surface area contributed by atoms with Gasteiger partial charge in [0, 0.05) is 25.3 Å². The lowest BCUT2D eigenvalue weighted by atomic mass is 9.98. The molecule has 3 rings (SSSR count). The Bertz CT molecular complexity index is 862. The van der Waals surface area contributed by atoms with Crippen molar-refractivity contribution < 1.29 is 13.2 Å². The van der Waals surface area contributed by atoms with E-state index in [1.807, 2.05) is 0 Å². The maximum atomic E-state index is 12.5. The minimum absolute atomic E-state index is 0.264. The fourth-order valence-electron chi connectivity index (χ4n) is 3.52. The van der Waals surface area contributed by atoms with Crippen molar-refractivity contribution in [2.45, 2.75) is 44.0 Å². The molecule has 0 spiro atoms. The van der Waals surface area contributed by atoms with Crippen LogP contribution >= 0.6 is 0 Å². The lowest BCUT2D eigenvalue weighted by Crippen LogP contribution is -2.40. The summed E-state index contributed by atoms with van der Waals surface area (Å²) in [5.41, 5.74) is 2.19. The van der Waals surface area contributed by atoms with Crippen LogP contribution in [0.25, 0.3) is 0 Å². The van der Waals surface area contributed by atoms with Gasteiger partial charge in [0.2, 0.25) is 10.0 Å². The maximum Gasteiger partial charge on any atom is 0.240 e. The molecule has 0 bridgehead atoms. The summed E-state index contributed by atoms with van der Waals surface area (Å²) < 4.78 is 32.9. The molecule has 0 unspecified atom stereocenters. The van der Waals surface area contributed by atoms with E-state index in [9.17, 15) is 8.42 Å². The number of ether oxygens (including phenoxy) is 1. The van der Waals surface area contributed by atoms with Gasteiger partial charge in [0.05, 0.1) is 17.7 Å². The summed E-state index contributed by atoms with van der Waals surface area (Å²) in [5, 5.41) is 7.49. The van der Waals surface area contributed by atoms with Gasteiger partial charge >= 0.3 is 0 Å². The summed E-state index contributed by atoms with van der Waals surface area (Å²) in [7, 11) is -1.95. The van der Waals surface area contributed by atoms with E-state index in [0.29, 0.717) is 24.1 Å². The lowest BCUT2D eigenvalue weighted by molar-refractivity contribution is 0.167. The Morgan fingerprint density at radius 3 is 2.71 bits per heavy atom. The van der Waals surface area contributed by atoms with Gasteiger partial charge in [-0.05, 0) is 61.6 Å². The molecule has 0 radical (unpaired) electrons. The number of nitrogens with zero attached hydrogens (tertiary/aromatic N) is 2. The number of methoxy groups -OCH3 is 1. The average molecular weight is 407 g/mol. The van der Waals surface area contributed by atoms with Gasteiger partial charge in [0.15, 0.2) is 0 Å². The number of nitrogens with one attached hydrogen (secondary N) is 2. The van der Waals surface area contributed by atoms with Crippen LogP contribution in [0.4, 0.5) is 0 Å². The number of sulfonamides is 1. The smallest absolute Gasteiger partial charge is 0.240 e. The molecule has 1 saturated heterocycles. The molecule has 1 aliphatic heterocycles. The van der Waals surface area contributed by atoms with Crippen molar-refractivity contribution in [1.82, 2.24) is 19.8 Å². The van der Waals surface area contributed by atoms with Crippen molar-refractivity contribution in [3.05, 3.63) is 41.7 Å². The van der Waals surface area contributed by atoms with E-state index in [0.717, 1.165) is 43.9 Å². The zero-order chi connectivity index (χ0) is 20.1. The van der Waals surface area contributed by atoms with Crippen molar-refractivity contribution >= 4 is 10.0 Å². The zero-order valence-electron chi connectivity index (χ0n) is 16.8. The minimum Gasteiger partial charge on any atom is -0.497 e. The number of benzene rings is 1. The van der Waals surface area contributed by atoms with Crippen LogP contribution in [0.5, 0.6) is 5.75 Å². The SMILES string of the molecule is COc1ccc(S(=O)(=O)NC[C@H]2CCCN(Cc3cc(C(C)C)n[nH]3)C2)cc1. The Kier molecular flexibility index (Phi) is 6.74. The fraction of sp³-hybridized carbons (Fsp3) is 0.550. The van der Waals surface area contributed by atoms with E-state index in [4.69, 9.17) is 4.74 Å². The Morgan fingerprint density at radius 1 is 1.32 bits per heavy atom. The van der Waals surface area contributed by atoms with Crippen molar-refractivity contribution in [1.29, 1.82) is 0 Å². The van der Waals surface area contributed by atoms with Crippen LogP contribution in [0, 0.1) is 5.92 Å².